The van der Waals surface area contributed by atoms with Gasteiger partial charge in [-0.2, -0.15) is 0 Å². The molecule has 1 saturated carbocycles. The molecule has 4 atom stereocenters. The van der Waals surface area contributed by atoms with Gasteiger partial charge in [-0.15, -0.1) is 0 Å². The molecule has 2 nitrogen and oxygen atoms in total. The van der Waals surface area contributed by atoms with E-state index < -0.39 is 10.8 Å². The van der Waals surface area contributed by atoms with Crippen LogP contribution < -0.4 is 5.73 Å². The Kier molecular flexibility index (Phi) is 5.79. The van der Waals surface area contributed by atoms with Crippen molar-refractivity contribution in [3.63, 3.8) is 0 Å². The molecular weight excluding hydrogens is 266 g/mol. The second-order valence-corrected chi connectivity index (χ2v) is 7.79. The highest BCUT2D eigenvalue weighted by molar-refractivity contribution is 7.85. The van der Waals surface area contributed by atoms with Crippen LogP contribution >= 0.6 is 0 Å². The summed E-state index contributed by atoms with van der Waals surface area (Å²) in [5.74, 6) is 1.16. The molecule has 0 spiro atoms. The minimum Gasteiger partial charge on any atom is -0.330 e. The molecule has 4 unspecified atom stereocenters. The zero-order valence-electron chi connectivity index (χ0n) is 12.7. The molecule has 1 aliphatic rings. The molecule has 112 valence electrons. The lowest BCUT2D eigenvalue weighted by Gasteiger charge is -2.35. The molecule has 1 aliphatic carbocycles. The van der Waals surface area contributed by atoms with Crippen molar-refractivity contribution in [3.8, 4) is 0 Å². The van der Waals surface area contributed by atoms with E-state index in [1.54, 1.807) is 0 Å². The summed E-state index contributed by atoms with van der Waals surface area (Å²) in [6.45, 7) is 4.96. The molecule has 0 bridgehead atoms. The Morgan fingerprint density at radius 2 is 2.15 bits per heavy atom. The highest BCUT2D eigenvalue weighted by Crippen LogP contribution is 2.36. The molecule has 0 saturated heterocycles. The Labute approximate surface area is 125 Å². The van der Waals surface area contributed by atoms with E-state index in [0.717, 1.165) is 23.7 Å². The summed E-state index contributed by atoms with van der Waals surface area (Å²) in [6.07, 6.45) is 5.97. The average molecular weight is 293 g/mol. The fourth-order valence-corrected chi connectivity index (χ4v) is 5.30. The molecule has 3 heteroatoms. The fourth-order valence-electron chi connectivity index (χ4n) is 3.39. The van der Waals surface area contributed by atoms with Crippen molar-refractivity contribution in [2.45, 2.75) is 56.1 Å². The van der Waals surface area contributed by atoms with Crippen LogP contribution in [0.25, 0.3) is 0 Å². The fraction of sp³-hybridized carbons (Fsp3) is 0.647. The highest BCUT2D eigenvalue weighted by atomic mass is 32.2. The summed E-state index contributed by atoms with van der Waals surface area (Å²) in [4.78, 5) is 0.977. The van der Waals surface area contributed by atoms with Crippen molar-refractivity contribution >= 4 is 10.8 Å². The second kappa shape index (κ2) is 7.37. The van der Waals surface area contributed by atoms with Crippen molar-refractivity contribution in [2.24, 2.45) is 17.6 Å². The number of nitrogens with two attached hydrogens (primary N) is 1. The third-order valence-corrected chi connectivity index (χ3v) is 6.38. The maximum atomic E-state index is 12.9. The Morgan fingerprint density at radius 3 is 2.80 bits per heavy atom. The maximum Gasteiger partial charge on any atom is 0.0564 e. The first-order chi connectivity index (χ1) is 9.65. The van der Waals surface area contributed by atoms with E-state index in [9.17, 15) is 4.21 Å². The zero-order valence-corrected chi connectivity index (χ0v) is 13.5. The van der Waals surface area contributed by atoms with E-state index >= 15 is 0 Å². The van der Waals surface area contributed by atoms with E-state index in [0.29, 0.717) is 12.5 Å². The minimum absolute atomic E-state index is 0.243. The summed E-state index contributed by atoms with van der Waals surface area (Å²) in [5, 5.41) is 0.243. The van der Waals surface area contributed by atoms with Crippen LogP contribution in [-0.2, 0) is 10.8 Å². The smallest absolute Gasteiger partial charge is 0.0564 e. The topological polar surface area (TPSA) is 43.1 Å². The number of rotatable bonds is 5. The van der Waals surface area contributed by atoms with Crippen LogP contribution in [0.15, 0.2) is 29.2 Å². The first kappa shape index (κ1) is 15.7. The predicted octanol–water partition coefficient (Wildman–Crippen LogP) is 3.65. The average Bonchev–Trinajstić information content (AvgIpc) is 2.47. The third kappa shape index (κ3) is 3.70. The van der Waals surface area contributed by atoms with Crippen LogP contribution in [0.2, 0.25) is 0 Å². The maximum absolute atomic E-state index is 12.9. The standard InChI is InChI=1S/C17H27NOS/c1-3-5-14-8-9-15(12-18)17(11-14)20(19)16-7-4-6-13(2)10-16/h4,6-7,10,14-15,17H,3,5,8-9,11-12,18H2,1-2H3. The SMILES string of the molecule is CCCC1CCC(CN)C(S(=O)c2cccc(C)c2)C1. The van der Waals surface area contributed by atoms with Gasteiger partial charge in [0, 0.05) is 10.1 Å². The molecule has 1 aromatic carbocycles. The summed E-state index contributed by atoms with van der Waals surface area (Å²) in [6, 6.07) is 8.13. The van der Waals surface area contributed by atoms with Gasteiger partial charge in [-0.1, -0.05) is 38.3 Å². The molecule has 2 N–H and O–H groups in total. The number of hydrogen-bond acceptors (Lipinski definition) is 2. The van der Waals surface area contributed by atoms with Crippen LogP contribution in [-0.4, -0.2) is 16.0 Å². The molecule has 20 heavy (non-hydrogen) atoms. The first-order valence-corrected chi connectivity index (χ1v) is 9.04. The molecular formula is C17H27NOS. The van der Waals surface area contributed by atoms with Gasteiger partial charge in [-0.05, 0) is 55.8 Å². The lowest BCUT2D eigenvalue weighted by molar-refractivity contribution is 0.272. The van der Waals surface area contributed by atoms with Crippen LogP contribution in [0.3, 0.4) is 0 Å². The summed E-state index contributed by atoms with van der Waals surface area (Å²) in [7, 11) is -0.914. The monoisotopic (exact) mass is 293 g/mol. The van der Waals surface area contributed by atoms with Gasteiger partial charge in [0.1, 0.15) is 0 Å². The van der Waals surface area contributed by atoms with E-state index in [-0.39, 0.29) is 5.25 Å². The van der Waals surface area contributed by atoms with Crippen molar-refractivity contribution in [1.29, 1.82) is 0 Å². The summed E-state index contributed by atoms with van der Waals surface area (Å²) >= 11 is 0. The minimum atomic E-state index is -0.914. The van der Waals surface area contributed by atoms with Crippen molar-refractivity contribution in [3.05, 3.63) is 29.8 Å². The van der Waals surface area contributed by atoms with E-state index in [4.69, 9.17) is 5.73 Å². The van der Waals surface area contributed by atoms with Crippen LogP contribution in [0.1, 0.15) is 44.6 Å². The molecule has 0 aliphatic heterocycles. The van der Waals surface area contributed by atoms with E-state index in [1.165, 1.54) is 24.8 Å². The van der Waals surface area contributed by atoms with Crippen LogP contribution in [0.5, 0.6) is 0 Å². The number of benzene rings is 1. The summed E-state index contributed by atoms with van der Waals surface area (Å²) in [5.41, 5.74) is 7.11. The van der Waals surface area contributed by atoms with Gasteiger partial charge in [0.05, 0.1) is 10.8 Å². The number of aryl methyl sites for hydroxylation is 1. The van der Waals surface area contributed by atoms with E-state index in [2.05, 4.69) is 26.0 Å². The Balaban J connectivity index is 2.15. The van der Waals surface area contributed by atoms with Gasteiger partial charge in [0.2, 0.25) is 0 Å². The number of hydrogen-bond donors (Lipinski definition) is 1. The summed E-state index contributed by atoms with van der Waals surface area (Å²) < 4.78 is 12.9. The second-order valence-electron chi connectivity index (χ2n) is 6.12. The lowest BCUT2D eigenvalue weighted by atomic mass is 9.80. The van der Waals surface area contributed by atoms with Gasteiger partial charge >= 0.3 is 0 Å². The van der Waals surface area contributed by atoms with Gasteiger partial charge in [-0.25, -0.2) is 0 Å². The highest BCUT2D eigenvalue weighted by Gasteiger charge is 2.33. The molecule has 0 aromatic heterocycles. The van der Waals surface area contributed by atoms with Crippen LogP contribution in [0.4, 0.5) is 0 Å². The Hall–Kier alpha value is -0.670. The quantitative estimate of drug-likeness (QED) is 0.900. The molecule has 1 aromatic rings. The Morgan fingerprint density at radius 1 is 1.35 bits per heavy atom. The normalized spacial score (nSPS) is 28.2. The van der Waals surface area contributed by atoms with Crippen molar-refractivity contribution < 1.29 is 4.21 Å². The first-order valence-electron chi connectivity index (χ1n) is 7.83. The zero-order chi connectivity index (χ0) is 14.5. The molecule has 2 rings (SSSR count). The predicted molar refractivity (Wildman–Crippen MR) is 86.2 cm³/mol. The molecule has 0 heterocycles. The largest absolute Gasteiger partial charge is 0.330 e. The Bertz CT molecular complexity index is 460. The lowest BCUT2D eigenvalue weighted by Crippen LogP contribution is -2.37. The molecule has 0 radical (unpaired) electrons. The van der Waals surface area contributed by atoms with E-state index in [1.807, 2.05) is 12.1 Å². The van der Waals surface area contributed by atoms with Crippen molar-refractivity contribution in [1.82, 2.24) is 0 Å². The van der Waals surface area contributed by atoms with Gasteiger partial charge in [-0.3, -0.25) is 4.21 Å². The molecule has 0 amide bonds. The van der Waals surface area contributed by atoms with Crippen molar-refractivity contribution in [2.75, 3.05) is 6.54 Å². The van der Waals surface area contributed by atoms with Gasteiger partial charge < -0.3 is 5.73 Å². The van der Waals surface area contributed by atoms with Gasteiger partial charge in [0.25, 0.3) is 0 Å². The molecule has 1 fully saturated rings. The van der Waals surface area contributed by atoms with Gasteiger partial charge in [0.15, 0.2) is 0 Å². The third-order valence-electron chi connectivity index (χ3n) is 4.53. The van der Waals surface area contributed by atoms with Crippen LogP contribution in [0, 0.1) is 18.8 Å².